The van der Waals surface area contributed by atoms with Crippen LogP contribution in [0.5, 0.6) is 11.5 Å². The Morgan fingerprint density at radius 3 is 2.80 bits per heavy atom. The average molecular weight is 357 g/mol. The van der Waals surface area contributed by atoms with Crippen LogP contribution in [0.15, 0.2) is 45.8 Å². The zero-order valence-electron chi connectivity index (χ0n) is 14.8. The first-order valence-corrected chi connectivity index (χ1v) is 9.20. The number of benzene rings is 1. The van der Waals surface area contributed by atoms with Gasteiger partial charge in [-0.05, 0) is 37.3 Å². The zero-order chi connectivity index (χ0) is 17.6. The molecule has 0 fully saturated rings. The van der Waals surface area contributed by atoms with Crippen molar-refractivity contribution in [2.24, 2.45) is 16.0 Å². The lowest BCUT2D eigenvalue weighted by Crippen LogP contribution is -2.13. The van der Waals surface area contributed by atoms with Crippen molar-refractivity contribution in [1.29, 1.82) is 0 Å². The maximum Gasteiger partial charge on any atom is 0.205 e. The van der Waals surface area contributed by atoms with E-state index in [1.165, 1.54) is 0 Å². The van der Waals surface area contributed by atoms with Crippen molar-refractivity contribution >= 4 is 17.6 Å². The Hall–Kier alpha value is -2.34. The lowest BCUT2D eigenvalue weighted by Gasteiger charge is -2.13. The van der Waals surface area contributed by atoms with Crippen LogP contribution in [-0.4, -0.2) is 32.2 Å². The number of aromatic nitrogens is 1. The van der Waals surface area contributed by atoms with Gasteiger partial charge < -0.3 is 9.47 Å². The standard InChI is InChI=1S/C19H23N3O2S/c1-20-19-22(21-12-14-7-5-4-6-8-14)17(13-25-19)16-10-9-15(23-2)11-18(16)24-3/h4-5,9-14H,6-8H2,1-3H3. The largest absolute Gasteiger partial charge is 0.497 e. The molecular formula is C19H23N3O2S. The molecular weight excluding hydrogens is 334 g/mol. The van der Waals surface area contributed by atoms with Crippen molar-refractivity contribution in [3.05, 3.63) is 40.5 Å². The number of thiazole rings is 1. The Labute approximate surface area is 152 Å². The van der Waals surface area contributed by atoms with Crippen molar-refractivity contribution < 1.29 is 9.47 Å². The van der Waals surface area contributed by atoms with Crippen LogP contribution in [0.25, 0.3) is 11.3 Å². The van der Waals surface area contributed by atoms with Gasteiger partial charge in [0.2, 0.25) is 4.80 Å². The lowest BCUT2D eigenvalue weighted by atomic mass is 9.96. The van der Waals surface area contributed by atoms with E-state index in [0.29, 0.717) is 5.92 Å². The fourth-order valence-corrected chi connectivity index (χ4v) is 3.67. The van der Waals surface area contributed by atoms with Crippen molar-refractivity contribution in [1.82, 2.24) is 4.68 Å². The van der Waals surface area contributed by atoms with Crippen LogP contribution in [0.4, 0.5) is 0 Å². The van der Waals surface area contributed by atoms with Crippen molar-refractivity contribution in [2.45, 2.75) is 19.3 Å². The van der Waals surface area contributed by atoms with Gasteiger partial charge in [-0.2, -0.15) is 5.10 Å². The molecule has 1 unspecified atom stereocenters. The molecule has 2 aromatic rings. The fourth-order valence-electron chi connectivity index (χ4n) is 2.87. The molecule has 0 N–H and O–H groups in total. The summed E-state index contributed by atoms with van der Waals surface area (Å²) in [5.74, 6) is 2.00. The molecule has 5 nitrogen and oxygen atoms in total. The molecule has 3 rings (SSSR count). The van der Waals surface area contributed by atoms with E-state index in [4.69, 9.17) is 14.6 Å². The highest BCUT2D eigenvalue weighted by molar-refractivity contribution is 7.07. The molecule has 0 bridgehead atoms. The monoisotopic (exact) mass is 357 g/mol. The summed E-state index contributed by atoms with van der Waals surface area (Å²) in [6.45, 7) is 0. The van der Waals surface area contributed by atoms with E-state index in [-0.39, 0.29) is 0 Å². The third-order valence-electron chi connectivity index (χ3n) is 4.26. The lowest BCUT2D eigenvalue weighted by molar-refractivity contribution is 0.395. The van der Waals surface area contributed by atoms with Gasteiger partial charge in [0.15, 0.2) is 0 Å². The molecule has 0 saturated heterocycles. The highest BCUT2D eigenvalue weighted by Gasteiger charge is 2.14. The summed E-state index contributed by atoms with van der Waals surface area (Å²) in [6.07, 6.45) is 9.83. The first kappa shape index (κ1) is 17.5. The first-order valence-electron chi connectivity index (χ1n) is 8.32. The Bertz CT molecular complexity index is 849. The summed E-state index contributed by atoms with van der Waals surface area (Å²) in [4.78, 5) is 5.21. The van der Waals surface area contributed by atoms with Crippen molar-refractivity contribution in [3.8, 4) is 22.8 Å². The molecule has 1 aromatic carbocycles. The predicted molar refractivity (Wildman–Crippen MR) is 103 cm³/mol. The SMILES string of the molecule is CN=c1scc(-c2ccc(OC)cc2OC)n1N=CC1CC=CCC1. The Balaban J connectivity index is 2.02. The normalized spacial score (nSPS) is 18.0. The maximum absolute atomic E-state index is 5.55. The van der Waals surface area contributed by atoms with Crippen LogP contribution in [0.1, 0.15) is 19.3 Å². The summed E-state index contributed by atoms with van der Waals surface area (Å²) >= 11 is 1.57. The van der Waals surface area contributed by atoms with Gasteiger partial charge in [-0.3, -0.25) is 4.99 Å². The van der Waals surface area contributed by atoms with Crippen LogP contribution in [0.3, 0.4) is 0 Å². The highest BCUT2D eigenvalue weighted by atomic mass is 32.1. The van der Waals surface area contributed by atoms with E-state index in [0.717, 1.165) is 46.8 Å². The molecule has 0 radical (unpaired) electrons. The molecule has 1 aliphatic carbocycles. The van der Waals surface area contributed by atoms with Gasteiger partial charge in [-0.15, -0.1) is 11.3 Å². The van der Waals surface area contributed by atoms with E-state index >= 15 is 0 Å². The molecule has 1 heterocycles. The molecule has 0 spiro atoms. The van der Waals surface area contributed by atoms with E-state index in [2.05, 4.69) is 22.5 Å². The van der Waals surface area contributed by atoms with Crippen LogP contribution in [-0.2, 0) is 0 Å². The van der Waals surface area contributed by atoms with Gasteiger partial charge in [-0.25, -0.2) is 4.68 Å². The molecule has 1 atom stereocenters. The number of nitrogens with zero attached hydrogens (tertiary/aromatic N) is 3. The molecule has 1 aromatic heterocycles. The number of methoxy groups -OCH3 is 2. The summed E-state index contributed by atoms with van der Waals surface area (Å²) in [5, 5.41) is 6.80. The smallest absolute Gasteiger partial charge is 0.205 e. The second kappa shape index (κ2) is 8.16. The molecule has 0 saturated carbocycles. The number of hydrogen-bond acceptors (Lipinski definition) is 5. The van der Waals surface area contributed by atoms with Gasteiger partial charge in [-0.1, -0.05) is 12.2 Å². The van der Waals surface area contributed by atoms with Crippen molar-refractivity contribution in [2.75, 3.05) is 21.3 Å². The van der Waals surface area contributed by atoms with E-state index in [9.17, 15) is 0 Å². The van der Waals surface area contributed by atoms with Crippen LogP contribution in [0.2, 0.25) is 0 Å². The molecule has 1 aliphatic rings. The van der Waals surface area contributed by atoms with E-state index < -0.39 is 0 Å². The Morgan fingerprint density at radius 1 is 1.24 bits per heavy atom. The second-order valence-electron chi connectivity index (χ2n) is 5.81. The number of ether oxygens (including phenoxy) is 2. The molecule has 0 aliphatic heterocycles. The third kappa shape index (κ3) is 3.85. The van der Waals surface area contributed by atoms with E-state index in [1.54, 1.807) is 32.6 Å². The highest BCUT2D eigenvalue weighted by Crippen LogP contribution is 2.33. The van der Waals surface area contributed by atoms with Gasteiger partial charge in [0.05, 0.1) is 19.9 Å². The number of hydrogen-bond donors (Lipinski definition) is 0. The van der Waals surface area contributed by atoms with Gasteiger partial charge >= 0.3 is 0 Å². The average Bonchev–Trinajstić information content (AvgIpc) is 3.09. The zero-order valence-corrected chi connectivity index (χ0v) is 15.6. The topological polar surface area (TPSA) is 48.1 Å². The Morgan fingerprint density at radius 2 is 2.12 bits per heavy atom. The van der Waals surface area contributed by atoms with E-state index in [1.807, 2.05) is 29.1 Å². The van der Waals surface area contributed by atoms with Gasteiger partial charge in [0.1, 0.15) is 11.5 Å². The number of allylic oxidation sites excluding steroid dienone is 2. The predicted octanol–water partition coefficient (Wildman–Crippen LogP) is 3.95. The molecule has 132 valence electrons. The minimum atomic E-state index is 0.479. The molecule has 6 heteroatoms. The quantitative estimate of drug-likeness (QED) is 0.601. The summed E-state index contributed by atoms with van der Waals surface area (Å²) in [6, 6.07) is 5.81. The Kier molecular flexibility index (Phi) is 5.71. The van der Waals surface area contributed by atoms with Crippen LogP contribution in [0, 0.1) is 5.92 Å². The molecule has 0 amide bonds. The number of rotatable bonds is 5. The van der Waals surface area contributed by atoms with Crippen LogP contribution < -0.4 is 14.3 Å². The van der Waals surface area contributed by atoms with Crippen LogP contribution >= 0.6 is 11.3 Å². The summed E-state index contributed by atoms with van der Waals surface area (Å²) < 4.78 is 12.7. The maximum atomic E-state index is 5.55. The first-order chi connectivity index (χ1) is 12.3. The minimum Gasteiger partial charge on any atom is -0.497 e. The van der Waals surface area contributed by atoms with Crippen molar-refractivity contribution in [3.63, 3.8) is 0 Å². The van der Waals surface area contributed by atoms with Gasteiger partial charge in [0, 0.05) is 30.3 Å². The summed E-state index contributed by atoms with van der Waals surface area (Å²) in [5.41, 5.74) is 1.93. The minimum absolute atomic E-state index is 0.479. The fraction of sp³-hybridized carbons (Fsp3) is 0.368. The van der Waals surface area contributed by atoms with Gasteiger partial charge in [0.25, 0.3) is 0 Å². The molecule has 25 heavy (non-hydrogen) atoms. The third-order valence-corrected chi connectivity index (χ3v) is 5.17. The summed E-state index contributed by atoms with van der Waals surface area (Å²) in [7, 11) is 5.10. The second-order valence-corrected chi connectivity index (χ2v) is 6.65.